The van der Waals surface area contributed by atoms with E-state index in [1.54, 1.807) is 0 Å². The molecule has 21 heavy (non-hydrogen) atoms. The summed E-state index contributed by atoms with van der Waals surface area (Å²) in [5.74, 6) is 0.571. The SMILES string of the molecule is CC1CC1CNc1cc(C(=O)O)cc(N(C)S(C)(=O)=O)n1. The average Bonchev–Trinajstić information content (AvgIpc) is 3.10. The van der Waals surface area contributed by atoms with Gasteiger partial charge in [-0.25, -0.2) is 18.2 Å². The van der Waals surface area contributed by atoms with Crippen LogP contribution in [0.25, 0.3) is 0 Å². The number of carboxylic acids is 1. The molecular formula is C13H19N3O4S. The van der Waals surface area contributed by atoms with Crippen LogP contribution in [0.3, 0.4) is 0 Å². The molecule has 7 nitrogen and oxygen atoms in total. The molecule has 116 valence electrons. The molecule has 1 aliphatic carbocycles. The van der Waals surface area contributed by atoms with Crippen LogP contribution in [0.2, 0.25) is 0 Å². The van der Waals surface area contributed by atoms with Gasteiger partial charge in [0.25, 0.3) is 0 Å². The van der Waals surface area contributed by atoms with Gasteiger partial charge < -0.3 is 10.4 Å². The molecule has 0 amide bonds. The van der Waals surface area contributed by atoms with Crippen LogP contribution in [0.4, 0.5) is 11.6 Å². The van der Waals surface area contributed by atoms with Gasteiger partial charge >= 0.3 is 5.97 Å². The molecule has 8 heteroatoms. The number of carboxylic acid groups (broad SMARTS) is 1. The Morgan fingerprint density at radius 2 is 2.14 bits per heavy atom. The topological polar surface area (TPSA) is 99.6 Å². The summed E-state index contributed by atoms with van der Waals surface area (Å²) in [5.41, 5.74) is 0.00171. The number of pyridine rings is 1. The molecule has 1 fully saturated rings. The lowest BCUT2D eigenvalue weighted by atomic mass is 10.2. The fraction of sp³-hybridized carbons (Fsp3) is 0.538. The van der Waals surface area contributed by atoms with Gasteiger partial charge in [-0.2, -0.15) is 0 Å². The van der Waals surface area contributed by atoms with Gasteiger partial charge in [-0.05, 0) is 30.4 Å². The molecule has 1 saturated carbocycles. The first-order valence-corrected chi connectivity index (χ1v) is 8.46. The Hall–Kier alpha value is -1.83. The highest BCUT2D eigenvalue weighted by Gasteiger charge is 2.32. The van der Waals surface area contributed by atoms with Gasteiger partial charge in [0.05, 0.1) is 11.8 Å². The van der Waals surface area contributed by atoms with E-state index in [-0.39, 0.29) is 11.4 Å². The fourth-order valence-electron chi connectivity index (χ4n) is 1.98. The number of anilines is 2. The van der Waals surface area contributed by atoms with Crippen LogP contribution < -0.4 is 9.62 Å². The lowest BCUT2D eigenvalue weighted by molar-refractivity contribution is 0.0697. The summed E-state index contributed by atoms with van der Waals surface area (Å²) in [5, 5.41) is 12.2. The van der Waals surface area contributed by atoms with Crippen LogP contribution >= 0.6 is 0 Å². The van der Waals surface area contributed by atoms with E-state index in [1.807, 2.05) is 0 Å². The summed E-state index contributed by atoms with van der Waals surface area (Å²) < 4.78 is 24.1. The zero-order valence-electron chi connectivity index (χ0n) is 12.2. The number of aromatic carboxylic acids is 1. The summed E-state index contributed by atoms with van der Waals surface area (Å²) in [6, 6.07) is 2.66. The highest BCUT2D eigenvalue weighted by molar-refractivity contribution is 7.92. The Bertz CT molecular complexity index is 659. The normalized spacial score (nSPS) is 20.9. The summed E-state index contributed by atoms with van der Waals surface area (Å²) in [4.78, 5) is 15.3. The van der Waals surface area contributed by atoms with Crippen LogP contribution in [-0.4, -0.2) is 44.3 Å². The average molecular weight is 313 g/mol. The van der Waals surface area contributed by atoms with Gasteiger partial charge in [0.1, 0.15) is 11.6 Å². The van der Waals surface area contributed by atoms with Crippen LogP contribution in [0.5, 0.6) is 0 Å². The molecule has 0 radical (unpaired) electrons. The highest BCUT2D eigenvalue weighted by atomic mass is 32.2. The molecule has 1 aliphatic rings. The third-order valence-electron chi connectivity index (χ3n) is 3.70. The van der Waals surface area contributed by atoms with E-state index in [0.29, 0.717) is 24.2 Å². The van der Waals surface area contributed by atoms with Gasteiger partial charge in [-0.15, -0.1) is 0 Å². The Morgan fingerprint density at radius 1 is 1.52 bits per heavy atom. The Labute approximate surface area is 124 Å². The molecule has 2 unspecified atom stereocenters. The Morgan fingerprint density at radius 3 is 2.62 bits per heavy atom. The molecule has 0 aliphatic heterocycles. The van der Waals surface area contributed by atoms with Crippen molar-refractivity contribution in [3.8, 4) is 0 Å². The molecule has 0 saturated heterocycles. The maximum atomic E-state index is 11.6. The maximum absolute atomic E-state index is 11.6. The first-order valence-electron chi connectivity index (χ1n) is 6.61. The van der Waals surface area contributed by atoms with Crippen LogP contribution in [-0.2, 0) is 10.0 Å². The fourth-order valence-corrected chi connectivity index (χ4v) is 2.41. The number of nitrogens with zero attached hydrogens (tertiary/aromatic N) is 2. The number of nitrogens with one attached hydrogen (secondary N) is 1. The number of sulfonamides is 1. The molecular weight excluding hydrogens is 294 g/mol. The van der Waals surface area contributed by atoms with E-state index in [0.717, 1.165) is 17.0 Å². The van der Waals surface area contributed by atoms with Crippen molar-refractivity contribution in [2.75, 3.05) is 29.5 Å². The Balaban J connectivity index is 2.27. The molecule has 1 aromatic rings. The summed E-state index contributed by atoms with van der Waals surface area (Å²) in [6.07, 6.45) is 2.18. The van der Waals surface area contributed by atoms with Gasteiger partial charge in [-0.3, -0.25) is 4.31 Å². The maximum Gasteiger partial charge on any atom is 0.335 e. The summed E-state index contributed by atoms with van der Waals surface area (Å²) >= 11 is 0. The summed E-state index contributed by atoms with van der Waals surface area (Å²) in [6.45, 7) is 2.86. The van der Waals surface area contributed by atoms with Crippen molar-refractivity contribution < 1.29 is 18.3 Å². The zero-order valence-corrected chi connectivity index (χ0v) is 13.0. The van der Waals surface area contributed by atoms with Crippen LogP contribution in [0.1, 0.15) is 23.7 Å². The Kier molecular flexibility index (Phi) is 4.08. The number of hydrogen-bond donors (Lipinski definition) is 2. The zero-order chi connectivity index (χ0) is 15.8. The first kappa shape index (κ1) is 15.6. The van der Waals surface area contributed by atoms with E-state index in [4.69, 9.17) is 5.11 Å². The minimum Gasteiger partial charge on any atom is -0.478 e. The third-order valence-corrected chi connectivity index (χ3v) is 4.88. The van der Waals surface area contributed by atoms with E-state index in [9.17, 15) is 13.2 Å². The molecule has 0 spiro atoms. The third kappa shape index (κ3) is 3.84. The van der Waals surface area contributed by atoms with E-state index in [1.165, 1.54) is 19.2 Å². The van der Waals surface area contributed by atoms with Crippen molar-refractivity contribution in [3.05, 3.63) is 17.7 Å². The van der Waals surface area contributed by atoms with E-state index >= 15 is 0 Å². The van der Waals surface area contributed by atoms with Crippen molar-refractivity contribution >= 4 is 27.6 Å². The number of aromatic nitrogens is 1. The van der Waals surface area contributed by atoms with E-state index < -0.39 is 16.0 Å². The largest absolute Gasteiger partial charge is 0.478 e. The lowest BCUT2D eigenvalue weighted by Gasteiger charge is -2.17. The predicted octanol–water partition coefficient (Wildman–Crippen LogP) is 1.24. The summed E-state index contributed by atoms with van der Waals surface area (Å²) in [7, 11) is -2.15. The first-order chi connectivity index (χ1) is 9.68. The molecule has 1 aromatic heterocycles. The van der Waals surface area contributed by atoms with Gasteiger partial charge in [-0.1, -0.05) is 6.92 Å². The van der Waals surface area contributed by atoms with Crippen molar-refractivity contribution in [1.29, 1.82) is 0 Å². The number of rotatable bonds is 6. The van der Waals surface area contributed by atoms with Crippen LogP contribution in [0.15, 0.2) is 12.1 Å². The second kappa shape index (κ2) is 5.51. The lowest BCUT2D eigenvalue weighted by Crippen LogP contribution is -2.26. The van der Waals surface area contributed by atoms with E-state index in [2.05, 4.69) is 17.2 Å². The number of carbonyl (C=O) groups is 1. The quantitative estimate of drug-likeness (QED) is 0.820. The highest BCUT2D eigenvalue weighted by Crippen LogP contribution is 2.37. The predicted molar refractivity (Wildman–Crippen MR) is 80.2 cm³/mol. The van der Waals surface area contributed by atoms with Gasteiger partial charge in [0, 0.05) is 13.6 Å². The van der Waals surface area contributed by atoms with Crippen molar-refractivity contribution in [1.82, 2.24) is 4.98 Å². The second-order valence-electron chi connectivity index (χ2n) is 5.49. The molecule has 2 atom stereocenters. The minimum absolute atomic E-state index is 0.00171. The molecule has 1 heterocycles. The molecule has 0 aromatic carbocycles. The molecule has 2 N–H and O–H groups in total. The smallest absolute Gasteiger partial charge is 0.335 e. The monoisotopic (exact) mass is 313 g/mol. The van der Waals surface area contributed by atoms with Crippen LogP contribution in [0, 0.1) is 11.8 Å². The second-order valence-corrected chi connectivity index (χ2v) is 7.50. The van der Waals surface area contributed by atoms with Crippen molar-refractivity contribution in [2.45, 2.75) is 13.3 Å². The van der Waals surface area contributed by atoms with Gasteiger partial charge in [0.15, 0.2) is 0 Å². The van der Waals surface area contributed by atoms with Crippen molar-refractivity contribution in [2.24, 2.45) is 11.8 Å². The van der Waals surface area contributed by atoms with Gasteiger partial charge in [0.2, 0.25) is 10.0 Å². The standard InChI is InChI=1S/C13H19N3O4S/c1-8-4-10(8)7-14-11-5-9(13(17)18)6-12(15-11)16(2)21(3,19)20/h5-6,8,10H,4,7H2,1-3H3,(H,14,15)(H,17,18). The van der Waals surface area contributed by atoms with Crippen molar-refractivity contribution in [3.63, 3.8) is 0 Å². The number of hydrogen-bond acceptors (Lipinski definition) is 5. The molecule has 2 rings (SSSR count). The minimum atomic E-state index is -3.49. The molecule has 0 bridgehead atoms.